The summed E-state index contributed by atoms with van der Waals surface area (Å²) in [5.74, 6) is -1.58. The van der Waals surface area contributed by atoms with E-state index in [1.165, 1.54) is 4.90 Å². The van der Waals surface area contributed by atoms with Gasteiger partial charge in [0, 0.05) is 25.8 Å². The van der Waals surface area contributed by atoms with Crippen LogP contribution in [-0.4, -0.2) is 64.2 Å². The van der Waals surface area contributed by atoms with Crippen molar-refractivity contribution in [3.8, 4) is 0 Å². The number of likely N-dealkylation sites (tertiary alicyclic amines) is 1. The number of hydrogen-bond acceptors (Lipinski definition) is 7. The fourth-order valence-electron chi connectivity index (χ4n) is 3.78. The second kappa shape index (κ2) is 10.5. The lowest BCUT2D eigenvalue weighted by molar-refractivity contribution is -0.172. The Balaban J connectivity index is 1.69. The summed E-state index contributed by atoms with van der Waals surface area (Å²) in [5.41, 5.74) is 0.0992. The Morgan fingerprint density at radius 3 is 2.32 bits per heavy atom. The average Bonchev–Trinajstić information content (AvgIpc) is 3.33. The van der Waals surface area contributed by atoms with Crippen molar-refractivity contribution in [2.24, 2.45) is 0 Å². The maximum atomic E-state index is 13.4. The maximum Gasteiger partial charge on any atom is 0.433 e. The molecule has 2 atom stereocenters. The molecule has 0 bridgehead atoms. The molecule has 2 fully saturated rings. The number of amides is 5. The van der Waals surface area contributed by atoms with Crippen LogP contribution in [0, 0.1) is 0 Å². The van der Waals surface area contributed by atoms with Crippen LogP contribution in [-0.2, 0) is 30.4 Å². The molecule has 2 aliphatic rings. The molecule has 2 heterocycles. The minimum Gasteiger partial charge on any atom is -0.444 e. The number of nitrogens with one attached hydrogen (secondary N) is 2. The van der Waals surface area contributed by atoms with E-state index in [2.05, 4.69) is 10.6 Å². The third-order valence-corrected chi connectivity index (χ3v) is 5.27. The van der Waals surface area contributed by atoms with Gasteiger partial charge in [-0.05, 0) is 39.2 Å². The third-order valence-electron chi connectivity index (χ3n) is 5.27. The maximum absolute atomic E-state index is 13.4. The highest BCUT2D eigenvalue weighted by atomic mass is 16.7. The van der Waals surface area contributed by atoms with Crippen molar-refractivity contribution in [3.05, 3.63) is 35.9 Å². The number of benzene rings is 1. The van der Waals surface area contributed by atoms with Crippen LogP contribution in [0.3, 0.4) is 0 Å². The average molecular weight is 475 g/mol. The van der Waals surface area contributed by atoms with Crippen molar-refractivity contribution in [3.63, 3.8) is 0 Å². The Hall–Kier alpha value is -3.63. The first-order valence-electron chi connectivity index (χ1n) is 11.2. The normalized spacial score (nSPS) is 19.1. The Morgan fingerprint density at radius 1 is 1.06 bits per heavy atom. The smallest absolute Gasteiger partial charge is 0.433 e. The quantitative estimate of drug-likeness (QED) is 0.601. The molecule has 11 heteroatoms. The number of carbonyl (C=O) groups excluding carboxylic acids is 5. The first-order chi connectivity index (χ1) is 16.0. The molecule has 1 unspecified atom stereocenters. The Morgan fingerprint density at radius 2 is 1.71 bits per heavy atom. The Kier molecular flexibility index (Phi) is 7.75. The number of nitrogens with zero attached hydrogens (tertiary/aromatic N) is 2. The van der Waals surface area contributed by atoms with Gasteiger partial charge in [-0.2, -0.15) is 0 Å². The van der Waals surface area contributed by atoms with Crippen LogP contribution in [0.1, 0.15) is 52.0 Å². The molecular formula is C23H30N4O7. The van der Waals surface area contributed by atoms with Gasteiger partial charge in [-0.25, -0.2) is 9.59 Å². The second-order valence-corrected chi connectivity index (χ2v) is 9.18. The van der Waals surface area contributed by atoms with Crippen LogP contribution >= 0.6 is 0 Å². The summed E-state index contributed by atoms with van der Waals surface area (Å²) in [6.45, 7) is 5.53. The van der Waals surface area contributed by atoms with E-state index in [0.717, 1.165) is 5.56 Å². The molecule has 0 aliphatic carbocycles. The molecule has 0 radical (unpaired) electrons. The Bertz CT molecular complexity index is 928. The van der Waals surface area contributed by atoms with E-state index in [9.17, 15) is 24.0 Å². The van der Waals surface area contributed by atoms with Crippen LogP contribution in [0.25, 0.3) is 0 Å². The predicted octanol–water partition coefficient (Wildman–Crippen LogP) is 1.86. The summed E-state index contributed by atoms with van der Waals surface area (Å²) < 4.78 is 5.32. The van der Waals surface area contributed by atoms with Crippen molar-refractivity contribution < 1.29 is 33.5 Å². The molecule has 0 saturated carbocycles. The van der Waals surface area contributed by atoms with E-state index in [1.807, 2.05) is 30.3 Å². The zero-order valence-corrected chi connectivity index (χ0v) is 19.5. The van der Waals surface area contributed by atoms with Gasteiger partial charge in [-0.1, -0.05) is 30.3 Å². The highest BCUT2D eigenvalue weighted by Crippen LogP contribution is 2.19. The monoisotopic (exact) mass is 474 g/mol. The van der Waals surface area contributed by atoms with Gasteiger partial charge >= 0.3 is 12.2 Å². The van der Waals surface area contributed by atoms with Gasteiger partial charge in [0.15, 0.2) is 0 Å². The van der Waals surface area contributed by atoms with Gasteiger partial charge in [0.2, 0.25) is 5.91 Å². The molecule has 5 amide bonds. The largest absolute Gasteiger partial charge is 0.444 e. The summed E-state index contributed by atoms with van der Waals surface area (Å²) >= 11 is 0. The number of hydrogen-bond donors (Lipinski definition) is 2. The van der Waals surface area contributed by atoms with E-state index in [4.69, 9.17) is 9.57 Å². The predicted molar refractivity (Wildman–Crippen MR) is 119 cm³/mol. The highest BCUT2D eigenvalue weighted by Gasteiger charge is 2.38. The lowest BCUT2D eigenvalue weighted by Crippen LogP contribution is -2.55. The minimum absolute atomic E-state index is 0.0162. The van der Waals surface area contributed by atoms with Gasteiger partial charge in [0.1, 0.15) is 17.8 Å². The Labute approximate surface area is 197 Å². The summed E-state index contributed by atoms with van der Waals surface area (Å²) in [5, 5.41) is 5.63. The summed E-state index contributed by atoms with van der Waals surface area (Å²) in [6, 6.07) is 8.28. The lowest BCUT2D eigenvalue weighted by Gasteiger charge is -2.30. The third kappa shape index (κ3) is 6.69. The topological polar surface area (TPSA) is 134 Å². The van der Waals surface area contributed by atoms with Crippen molar-refractivity contribution in [1.82, 2.24) is 20.6 Å². The zero-order valence-electron chi connectivity index (χ0n) is 19.5. The SMILES string of the molecule is CC(C)(C)OC(=O)N[C@H](Cc1ccccc1)C(=O)N1CCCC1NC(=O)ON1C(=O)CCC1=O. The molecule has 34 heavy (non-hydrogen) atoms. The molecule has 184 valence electrons. The molecule has 0 aromatic heterocycles. The van der Waals surface area contributed by atoms with Gasteiger partial charge in [0.25, 0.3) is 11.8 Å². The highest BCUT2D eigenvalue weighted by molar-refractivity contribution is 6.01. The molecule has 1 aromatic rings. The summed E-state index contributed by atoms with van der Waals surface area (Å²) in [4.78, 5) is 67.8. The second-order valence-electron chi connectivity index (χ2n) is 9.18. The molecule has 1 aromatic carbocycles. The molecule has 2 saturated heterocycles. The van der Waals surface area contributed by atoms with Crippen LogP contribution in [0.15, 0.2) is 30.3 Å². The van der Waals surface area contributed by atoms with Crippen LogP contribution < -0.4 is 10.6 Å². The number of carbonyl (C=O) groups is 5. The van der Waals surface area contributed by atoms with Crippen molar-refractivity contribution in [2.45, 2.75) is 70.7 Å². The van der Waals surface area contributed by atoms with Crippen LogP contribution in [0.4, 0.5) is 9.59 Å². The first-order valence-corrected chi connectivity index (χ1v) is 11.2. The lowest BCUT2D eigenvalue weighted by atomic mass is 10.0. The fourth-order valence-corrected chi connectivity index (χ4v) is 3.78. The molecule has 2 aliphatic heterocycles. The van der Waals surface area contributed by atoms with Crippen molar-refractivity contribution in [1.29, 1.82) is 0 Å². The first kappa shape index (κ1) is 25.0. The van der Waals surface area contributed by atoms with Crippen LogP contribution in [0.5, 0.6) is 0 Å². The van der Waals surface area contributed by atoms with Gasteiger partial charge in [-0.3, -0.25) is 19.7 Å². The van der Waals surface area contributed by atoms with Crippen molar-refractivity contribution >= 4 is 29.9 Å². The van der Waals surface area contributed by atoms with E-state index in [-0.39, 0.29) is 19.3 Å². The van der Waals surface area contributed by atoms with Crippen molar-refractivity contribution in [2.75, 3.05) is 6.54 Å². The van der Waals surface area contributed by atoms with E-state index in [0.29, 0.717) is 24.4 Å². The molecule has 2 N–H and O–H groups in total. The molecule has 3 rings (SSSR count). The standard InChI is InChI=1S/C23H30N4O7/c1-23(2,3)33-21(31)24-16(14-15-8-5-4-6-9-15)20(30)26-13-7-10-17(26)25-22(32)34-27-18(28)11-12-19(27)29/h4-6,8-9,16-17H,7,10-14H2,1-3H3,(H,24,31)(H,25,32)/t16-,17?/m1/s1. The van der Waals surface area contributed by atoms with E-state index < -0.39 is 47.7 Å². The number of imide groups is 1. The summed E-state index contributed by atoms with van der Waals surface area (Å²) in [7, 11) is 0. The molecular weight excluding hydrogens is 444 g/mol. The fraction of sp³-hybridized carbons (Fsp3) is 0.522. The number of ether oxygens (including phenoxy) is 1. The van der Waals surface area contributed by atoms with E-state index in [1.54, 1.807) is 20.8 Å². The van der Waals surface area contributed by atoms with Gasteiger partial charge in [0.05, 0.1) is 0 Å². The van der Waals surface area contributed by atoms with Gasteiger partial charge in [-0.15, -0.1) is 5.06 Å². The van der Waals surface area contributed by atoms with Crippen LogP contribution in [0.2, 0.25) is 0 Å². The zero-order chi connectivity index (χ0) is 24.9. The summed E-state index contributed by atoms with van der Waals surface area (Å²) in [6.07, 6.45) is -1.19. The number of rotatable bonds is 6. The van der Waals surface area contributed by atoms with Gasteiger partial charge < -0.3 is 19.8 Å². The number of alkyl carbamates (subject to hydrolysis) is 1. The van der Waals surface area contributed by atoms with E-state index >= 15 is 0 Å². The number of hydroxylamine groups is 2. The minimum atomic E-state index is -1.01. The molecule has 11 nitrogen and oxygen atoms in total. The molecule has 0 spiro atoms.